The molecule has 0 spiro atoms. The third-order valence-corrected chi connectivity index (χ3v) is 5.69. The quantitative estimate of drug-likeness (QED) is 0.745. The van der Waals surface area contributed by atoms with Crippen LogP contribution in [0.2, 0.25) is 0 Å². The van der Waals surface area contributed by atoms with Crippen LogP contribution in [0.4, 0.5) is 5.69 Å². The van der Waals surface area contributed by atoms with Crippen LogP contribution < -0.4 is 15.4 Å². The Balaban J connectivity index is 1.69. The molecule has 1 heterocycles. The minimum Gasteiger partial charge on any atom is -0.384 e. The average Bonchev–Trinajstić information content (AvgIpc) is 3.30. The van der Waals surface area contributed by atoms with Gasteiger partial charge < -0.3 is 10.6 Å². The highest BCUT2D eigenvalue weighted by atomic mass is 32.2. The first-order valence-electron chi connectivity index (χ1n) is 7.71. The molecule has 0 unspecified atom stereocenters. The van der Waals surface area contributed by atoms with Crippen molar-refractivity contribution in [2.24, 2.45) is 5.92 Å². The molecule has 0 radical (unpaired) electrons. The van der Waals surface area contributed by atoms with Gasteiger partial charge >= 0.3 is 0 Å². The maximum Gasteiger partial charge on any atom is 0.242 e. The van der Waals surface area contributed by atoms with Gasteiger partial charge in [-0.3, -0.25) is 0 Å². The van der Waals surface area contributed by atoms with Crippen LogP contribution >= 0.6 is 0 Å². The zero-order valence-corrected chi connectivity index (χ0v) is 13.0. The third-order valence-electron chi connectivity index (χ3n) is 4.12. The van der Waals surface area contributed by atoms with E-state index in [9.17, 15) is 8.42 Å². The van der Waals surface area contributed by atoms with Gasteiger partial charge in [0.25, 0.3) is 0 Å². The SMILES string of the molecule is O=S(=O)(NC1CC1)c1ccccc1NCC1CCNCC1. The van der Waals surface area contributed by atoms with Gasteiger partial charge in [-0.25, -0.2) is 13.1 Å². The Hall–Kier alpha value is -1.11. The van der Waals surface area contributed by atoms with Gasteiger partial charge in [0.1, 0.15) is 4.90 Å². The van der Waals surface area contributed by atoms with E-state index in [1.54, 1.807) is 12.1 Å². The summed E-state index contributed by atoms with van der Waals surface area (Å²) in [5.41, 5.74) is 0.712. The molecule has 6 heteroatoms. The fraction of sp³-hybridized carbons (Fsp3) is 0.600. The molecule has 1 saturated heterocycles. The van der Waals surface area contributed by atoms with Crippen molar-refractivity contribution in [2.45, 2.75) is 36.6 Å². The highest BCUT2D eigenvalue weighted by molar-refractivity contribution is 7.89. The molecule has 2 aliphatic rings. The standard InChI is InChI=1S/C15H23N3O2S/c19-21(20,18-13-5-6-13)15-4-2-1-3-14(15)17-11-12-7-9-16-10-8-12/h1-4,12-13,16-18H,5-11H2. The van der Waals surface area contributed by atoms with Crippen molar-refractivity contribution in [3.05, 3.63) is 24.3 Å². The second-order valence-corrected chi connectivity index (χ2v) is 7.65. The molecule has 0 amide bonds. The van der Waals surface area contributed by atoms with E-state index in [0.717, 1.165) is 45.3 Å². The molecule has 0 atom stereocenters. The van der Waals surface area contributed by atoms with Gasteiger partial charge in [-0.1, -0.05) is 12.1 Å². The highest BCUT2D eigenvalue weighted by Crippen LogP contribution is 2.26. The lowest BCUT2D eigenvalue weighted by atomic mass is 9.98. The number of hydrogen-bond donors (Lipinski definition) is 3. The molecule has 1 aromatic rings. The molecule has 3 rings (SSSR count). The number of benzene rings is 1. The van der Waals surface area contributed by atoms with Crippen LogP contribution in [0.1, 0.15) is 25.7 Å². The van der Waals surface area contributed by atoms with Crippen LogP contribution in [-0.2, 0) is 10.0 Å². The monoisotopic (exact) mass is 309 g/mol. The van der Waals surface area contributed by atoms with Crippen LogP contribution in [0.25, 0.3) is 0 Å². The first-order chi connectivity index (χ1) is 10.1. The maximum absolute atomic E-state index is 12.4. The predicted octanol–water partition coefficient (Wildman–Crippen LogP) is 1.54. The number of anilines is 1. The number of piperidine rings is 1. The van der Waals surface area contributed by atoms with Crippen molar-refractivity contribution >= 4 is 15.7 Å². The Bertz CT molecular complexity index is 578. The molecule has 1 aromatic carbocycles. The summed E-state index contributed by atoms with van der Waals surface area (Å²) in [6.07, 6.45) is 4.18. The third kappa shape index (κ3) is 3.96. The summed E-state index contributed by atoms with van der Waals surface area (Å²) in [7, 11) is -3.41. The second kappa shape index (κ2) is 6.34. The van der Waals surface area contributed by atoms with Crippen molar-refractivity contribution in [3.8, 4) is 0 Å². The number of rotatable bonds is 6. The van der Waals surface area contributed by atoms with Crippen LogP contribution in [0, 0.1) is 5.92 Å². The molecule has 21 heavy (non-hydrogen) atoms. The van der Waals surface area contributed by atoms with E-state index in [-0.39, 0.29) is 6.04 Å². The van der Waals surface area contributed by atoms with Crippen molar-refractivity contribution in [3.63, 3.8) is 0 Å². The Morgan fingerprint density at radius 1 is 1.10 bits per heavy atom. The maximum atomic E-state index is 12.4. The first-order valence-corrected chi connectivity index (χ1v) is 9.19. The normalized spacial score (nSPS) is 20.4. The summed E-state index contributed by atoms with van der Waals surface area (Å²) in [5, 5.41) is 6.68. The first kappa shape index (κ1) is 14.8. The fourth-order valence-corrected chi connectivity index (χ4v) is 4.16. The summed E-state index contributed by atoms with van der Waals surface area (Å²) in [6.45, 7) is 2.93. The molecule has 0 bridgehead atoms. The lowest BCUT2D eigenvalue weighted by molar-refractivity contribution is 0.389. The van der Waals surface area contributed by atoms with Crippen LogP contribution in [0.5, 0.6) is 0 Å². The predicted molar refractivity (Wildman–Crippen MR) is 83.9 cm³/mol. The van der Waals surface area contributed by atoms with E-state index in [4.69, 9.17) is 0 Å². The summed E-state index contributed by atoms with van der Waals surface area (Å²) in [6, 6.07) is 7.31. The van der Waals surface area contributed by atoms with Gasteiger partial charge in [0, 0.05) is 12.6 Å². The second-order valence-electron chi connectivity index (χ2n) is 5.97. The summed E-state index contributed by atoms with van der Waals surface area (Å²) >= 11 is 0. The van der Waals surface area contributed by atoms with Crippen molar-refractivity contribution in [1.82, 2.24) is 10.0 Å². The molecule has 1 aliphatic carbocycles. The van der Waals surface area contributed by atoms with Gasteiger partial charge in [0.2, 0.25) is 10.0 Å². The van der Waals surface area contributed by atoms with Crippen LogP contribution in [0.15, 0.2) is 29.2 Å². The van der Waals surface area contributed by atoms with E-state index in [1.807, 2.05) is 12.1 Å². The zero-order chi connectivity index (χ0) is 14.7. The molecule has 116 valence electrons. The van der Waals surface area contributed by atoms with Gasteiger partial charge in [-0.15, -0.1) is 0 Å². The molecular weight excluding hydrogens is 286 g/mol. The van der Waals surface area contributed by atoms with Gasteiger partial charge in [-0.2, -0.15) is 0 Å². The molecule has 3 N–H and O–H groups in total. The van der Waals surface area contributed by atoms with Gasteiger partial charge in [0.05, 0.1) is 5.69 Å². The molecule has 0 aromatic heterocycles. The highest BCUT2D eigenvalue weighted by Gasteiger charge is 2.29. The summed E-state index contributed by atoms with van der Waals surface area (Å²) < 4.78 is 27.5. The Kier molecular flexibility index (Phi) is 4.47. The van der Waals surface area contributed by atoms with Crippen LogP contribution in [0.3, 0.4) is 0 Å². The topological polar surface area (TPSA) is 70.2 Å². The average molecular weight is 309 g/mol. The number of hydrogen-bond acceptors (Lipinski definition) is 4. The van der Waals surface area contributed by atoms with E-state index >= 15 is 0 Å². The minimum atomic E-state index is -3.41. The number of sulfonamides is 1. The lowest BCUT2D eigenvalue weighted by Gasteiger charge is -2.23. The van der Waals surface area contributed by atoms with Gasteiger partial charge in [-0.05, 0) is 56.8 Å². The number of nitrogens with one attached hydrogen (secondary N) is 3. The number of para-hydroxylation sites is 1. The molecule has 1 aliphatic heterocycles. The van der Waals surface area contributed by atoms with Crippen molar-refractivity contribution < 1.29 is 8.42 Å². The van der Waals surface area contributed by atoms with E-state index in [1.165, 1.54) is 0 Å². The molecule has 5 nitrogen and oxygen atoms in total. The van der Waals surface area contributed by atoms with E-state index in [0.29, 0.717) is 16.5 Å². The summed E-state index contributed by atoms with van der Waals surface area (Å²) in [5.74, 6) is 0.610. The summed E-state index contributed by atoms with van der Waals surface area (Å²) in [4.78, 5) is 0.367. The lowest BCUT2D eigenvalue weighted by Crippen LogP contribution is -2.31. The smallest absolute Gasteiger partial charge is 0.242 e. The Morgan fingerprint density at radius 2 is 1.81 bits per heavy atom. The van der Waals surface area contributed by atoms with Crippen molar-refractivity contribution in [2.75, 3.05) is 25.0 Å². The molecule has 1 saturated carbocycles. The van der Waals surface area contributed by atoms with E-state index < -0.39 is 10.0 Å². The fourth-order valence-electron chi connectivity index (χ4n) is 2.67. The van der Waals surface area contributed by atoms with E-state index in [2.05, 4.69) is 15.4 Å². The Morgan fingerprint density at radius 3 is 2.52 bits per heavy atom. The van der Waals surface area contributed by atoms with Gasteiger partial charge in [0.15, 0.2) is 0 Å². The molecular formula is C15H23N3O2S. The molecule has 2 fully saturated rings. The van der Waals surface area contributed by atoms with Crippen LogP contribution in [-0.4, -0.2) is 34.1 Å². The van der Waals surface area contributed by atoms with Crippen molar-refractivity contribution in [1.29, 1.82) is 0 Å². The Labute approximate surface area is 126 Å². The zero-order valence-electron chi connectivity index (χ0n) is 12.1. The minimum absolute atomic E-state index is 0.132. The largest absolute Gasteiger partial charge is 0.384 e.